The number of hydrogen-bond donors (Lipinski definition) is 1. The van der Waals surface area contributed by atoms with Gasteiger partial charge in [-0.05, 0) is 51.5 Å². The fourth-order valence-corrected chi connectivity index (χ4v) is 2.61. The van der Waals surface area contributed by atoms with Crippen LogP contribution in [0.15, 0.2) is 24.3 Å². The molecule has 1 aromatic heterocycles. The molecule has 1 aromatic carbocycles. The van der Waals surface area contributed by atoms with E-state index in [0.29, 0.717) is 33.8 Å². The first-order valence-corrected chi connectivity index (χ1v) is 7.96. The van der Waals surface area contributed by atoms with Gasteiger partial charge in [-0.3, -0.25) is 4.79 Å². The van der Waals surface area contributed by atoms with Crippen molar-refractivity contribution in [2.75, 3.05) is 6.61 Å². The van der Waals surface area contributed by atoms with Crippen molar-refractivity contribution in [1.29, 1.82) is 5.26 Å². The van der Waals surface area contributed by atoms with Crippen molar-refractivity contribution in [3.05, 3.63) is 52.3 Å². The van der Waals surface area contributed by atoms with E-state index in [-0.39, 0.29) is 12.4 Å². The maximum atomic E-state index is 12.7. The SMILES string of the molecule is CCOC(=O)c1c(C)[nH]c(C(=O)[C@H](C)Oc2cccc(C#N)c2)c1C. The number of carbonyl (C=O) groups excluding carboxylic acids is 2. The van der Waals surface area contributed by atoms with Crippen molar-refractivity contribution in [2.24, 2.45) is 0 Å². The number of ether oxygens (including phenoxy) is 2. The van der Waals surface area contributed by atoms with Crippen LogP contribution in [-0.4, -0.2) is 29.4 Å². The summed E-state index contributed by atoms with van der Waals surface area (Å²) in [4.78, 5) is 27.7. The van der Waals surface area contributed by atoms with Gasteiger partial charge in [-0.15, -0.1) is 0 Å². The second-order valence-electron chi connectivity index (χ2n) is 5.61. The number of benzene rings is 1. The lowest BCUT2D eigenvalue weighted by Crippen LogP contribution is -2.25. The summed E-state index contributed by atoms with van der Waals surface area (Å²) in [6.07, 6.45) is -0.777. The van der Waals surface area contributed by atoms with Crippen molar-refractivity contribution in [3.8, 4) is 11.8 Å². The minimum atomic E-state index is -0.777. The number of nitrogens with one attached hydrogen (secondary N) is 1. The van der Waals surface area contributed by atoms with E-state index in [2.05, 4.69) is 4.98 Å². The van der Waals surface area contributed by atoms with Crippen molar-refractivity contribution in [3.63, 3.8) is 0 Å². The Bertz CT molecular complexity index is 846. The van der Waals surface area contributed by atoms with E-state index >= 15 is 0 Å². The van der Waals surface area contributed by atoms with Crippen LogP contribution < -0.4 is 4.74 Å². The fourth-order valence-electron chi connectivity index (χ4n) is 2.61. The standard InChI is InChI=1S/C19H20N2O4/c1-5-24-19(23)16-11(2)17(21-12(16)3)18(22)13(4)25-15-8-6-7-14(9-15)10-20/h6-9,13,21H,5H2,1-4H3/t13-/m0/s1. The Morgan fingerprint density at radius 2 is 2.04 bits per heavy atom. The first kappa shape index (κ1) is 18.3. The summed E-state index contributed by atoms with van der Waals surface area (Å²) >= 11 is 0. The third-order valence-corrected chi connectivity index (χ3v) is 3.81. The van der Waals surface area contributed by atoms with Crippen molar-refractivity contribution in [1.82, 2.24) is 4.98 Å². The zero-order valence-electron chi connectivity index (χ0n) is 14.7. The highest BCUT2D eigenvalue weighted by Crippen LogP contribution is 2.22. The van der Waals surface area contributed by atoms with E-state index < -0.39 is 12.1 Å². The van der Waals surface area contributed by atoms with E-state index in [1.165, 1.54) is 0 Å². The molecule has 2 aromatic rings. The Morgan fingerprint density at radius 1 is 1.32 bits per heavy atom. The molecule has 0 saturated heterocycles. The Hall–Kier alpha value is -3.07. The van der Waals surface area contributed by atoms with E-state index in [4.69, 9.17) is 14.7 Å². The van der Waals surface area contributed by atoms with Crippen LogP contribution in [0.25, 0.3) is 0 Å². The molecule has 0 unspecified atom stereocenters. The van der Waals surface area contributed by atoms with Gasteiger partial charge >= 0.3 is 5.97 Å². The van der Waals surface area contributed by atoms with E-state index in [9.17, 15) is 9.59 Å². The topological polar surface area (TPSA) is 92.2 Å². The van der Waals surface area contributed by atoms with Gasteiger partial charge in [-0.2, -0.15) is 5.26 Å². The summed E-state index contributed by atoms with van der Waals surface area (Å²) in [6, 6.07) is 8.62. The van der Waals surface area contributed by atoms with Crippen LogP contribution in [0.2, 0.25) is 0 Å². The van der Waals surface area contributed by atoms with Gasteiger partial charge in [0.2, 0.25) is 5.78 Å². The Balaban J connectivity index is 2.24. The van der Waals surface area contributed by atoms with Gasteiger partial charge in [-0.25, -0.2) is 4.79 Å². The van der Waals surface area contributed by atoms with E-state index in [1.807, 2.05) is 6.07 Å². The van der Waals surface area contributed by atoms with Crippen LogP contribution in [0.5, 0.6) is 5.75 Å². The summed E-state index contributed by atoms with van der Waals surface area (Å²) in [5.41, 5.74) is 2.28. The molecule has 1 heterocycles. The number of ketones is 1. The van der Waals surface area contributed by atoms with Gasteiger partial charge < -0.3 is 14.5 Å². The zero-order chi connectivity index (χ0) is 18.6. The molecule has 25 heavy (non-hydrogen) atoms. The number of aromatic amines is 1. The van der Waals surface area contributed by atoms with Gasteiger partial charge in [0.05, 0.1) is 29.5 Å². The van der Waals surface area contributed by atoms with Gasteiger partial charge in [-0.1, -0.05) is 6.07 Å². The highest BCUT2D eigenvalue weighted by atomic mass is 16.5. The van der Waals surface area contributed by atoms with Crippen molar-refractivity contribution < 1.29 is 19.1 Å². The molecule has 0 amide bonds. The van der Waals surface area contributed by atoms with Crippen LogP contribution in [-0.2, 0) is 4.74 Å². The third kappa shape index (κ3) is 3.89. The first-order chi connectivity index (χ1) is 11.9. The number of nitriles is 1. The molecule has 0 aliphatic heterocycles. The zero-order valence-corrected chi connectivity index (χ0v) is 14.7. The minimum absolute atomic E-state index is 0.265. The number of H-pyrrole nitrogens is 1. The number of aryl methyl sites for hydroxylation is 1. The van der Waals surface area contributed by atoms with Crippen molar-refractivity contribution in [2.45, 2.75) is 33.8 Å². The molecule has 1 N–H and O–H groups in total. The molecule has 0 fully saturated rings. The largest absolute Gasteiger partial charge is 0.482 e. The Kier molecular flexibility index (Phi) is 5.60. The lowest BCUT2D eigenvalue weighted by atomic mass is 10.1. The monoisotopic (exact) mass is 340 g/mol. The molecular weight excluding hydrogens is 320 g/mol. The number of rotatable bonds is 6. The summed E-state index contributed by atoms with van der Waals surface area (Å²) in [5.74, 6) is -0.298. The summed E-state index contributed by atoms with van der Waals surface area (Å²) in [5, 5.41) is 8.93. The van der Waals surface area contributed by atoms with Crippen molar-refractivity contribution >= 4 is 11.8 Å². The quantitative estimate of drug-likeness (QED) is 0.643. The molecule has 0 spiro atoms. The molecule has 0 aliphatic carbocycles. The number of hydrogen-bond acceptors (Lipinski definition) is 5. The summed E-state index contributed by atoms with van der Waals surface area (Å²) in [7, 11) is 0. The fraction of sp³-hybridized carbons (Fsp3) is 0.316. The predicted octanol–water partition coefficient (Wildman–Crippen LogP) is 3.33. The maximum Gasteiger partial charge on any atom is 0.340 e. The highest BCUT2D eigenvalue weighted by Gasteiger charge is 2.26. The molecule has 6 nitrogen and oxygen atoms in total. The molecule has 0 aliphatic rings. The first-order valence-electron chi connectivity index (χ1n) is 7.96. The molecule has 6 heteroatoms. The number of carbonyl (C=O) groups is 2. The normalized spacial score (nSPS) is 11.5. The van der Waals surface area contributed by atoms with E-state index in [1.54, 1.807) is 52.0 Å². The number of nitrogens with zero attached hydrogens (tertiary/aromatic N) is 1. The van der Waals surface area contributed by atoms with Gasteiger partial charge in [0.25, 0.3) is 0 Å². The maximum absolute atomic E-state index is 12.7. The van der Waals surface area contributed by atoms with Crippen LogP contribution in [0.3, 0.4) is 0 Å². The molecular formula is C19H20N2O4. The predicted molar refractivity (Wildman–Crippen MR) is 91.8 cm³/mol. The molecule has 0 saturated carbocycles. The summed E-state index contributed by atoms with van der Waals surface area (Å²) < 4.78 is 10.7. The lowest BCUT2D eigenvalue weighted by Gasteiger charge is -2.13. The van der Waals surface area contributed by atoms with Crippen LogP contribution in [0.4, 0.5) is 0 Å². The molecule has 1 atom stereocenters. The third-order valence-electron chi connectivity index (χ3n) is 3.81. The van der Waals surface area contributed by atoms with Gasteiger partial charge in [0.15, 0.2) is 6.10 Å². The van der Waals surface area contributed by atoms with Crippen LogP contribution in [0.1, 0.15) is 51.5 Å². The minimum Gasteiger partial charge on any atom is -0.482 e. The highest BCUT2D eigenvalue weighted by molar-refractivity contribution is 6.03. The van der Waals surface area contributed by atoms with Gasteiger partial charge in [0.1, 0.15) is 5.75 Å². The smallest absolute Gasteiger partial charge is 0.340 e. The summed E-state index contributed by atoms with van der Waals surface area (Å²) in [6.45, 7) is 7.04. The number of aromatic nitrogens is 1. The Labute approximate surface area is 146 Å². The second-order valence-corrected chi connectivity index (χ2v) is 5.61. The molecule has 2 rings (SSSR count). The van der Waals surface area contributed by atoms with Crippen LogP contribution in [0, 0.1) is 25.2 Å². The molecule has 0 bridgehead atoms. The van der Waals surface area contributed by atoms with Gasteiger partial charge in [0, 0.05) is 5.69 Å². The van der Waals surface area contributed by atoms with Crippen LogP contribution >= 0.6 is 0 Å². The lowest BCUT2D eigenvalue weighted by molar-refractivity contribution is 0.0525. The Morgan fingerprint density at radius 3 is 2.68 bits per heavy atom. The average Bonchev–Trinajstić information content (AvgIpc) is 2.89. The number of Topliss-reactive ketones (excluding diaryl/α,β-unsaturated/α-hetero) is 1. The van der Waals surface area contributed by atoms with E-state index in [0.717, 1.165) is 0 Å². The molecule has 130 valence electrons. The molecule has 0 radical (unpaired) electrons. The average molecular weight is 340 g/mol. The second kappa shape index (κ2) is 7.67. The number of esters is 1.